The van der Waals surface area contributed by atoms with Crippen molar-refractivity contribution in [2.24, 2.45) is 5.73 Å². The molecule has 1 aromatic carbocycles. The Balaban J connectivity index is 2.03. The van der Waals surface area contributed by atoms with Crippen LogP contribution in [0.2, 0.25) is 0 Å². The molecule has 2 aromatic rings. The maximum atomic E-state index is 12.8. The van der Waals surface area contributed by atoms with Gasteiger partial charge in [-0.05, 0) is 36.1 Å². The fourth-order valence-electron chi connectivity index (χ4n) is 2.75. The second kappa shape index (κ2) is 5.53. The first-order valence-electron chi connectivity index (χ1n) is 7.33. The summed E-state index contributed by atoms with van der Waals surface area (Å²) in [4.78, 5) is 3.59. The number of hydrogen-bond acceptors (Lipinski definition) is 3. The van der Waals surface area contributed by atoms with E-state index in [1.807, 2.05) is 24.3 Å². The molecule has 0 saturated heterocycles. The summed E-state index contributed by atoms with van der Waals surface area (Å²) in [6.07, 6.45) is -2.42. The van der Waals surface area contributed by atoms with E-state index in [0.29, 0.717) is 12.1 Å². The number of pyridine rings is 1. The molecule has 0 radical (unpaired) electrons. The summed E-state index contributed by atoms with van der Waals surface area (Å²) in [5.74, 6) is -0.0328. The lowest BCUT2D eigenvalue weighted by molar-refractivity contribution is -0.141. The summed E-state index contributed by atoms with van der Waals surface area (Å²) in [7, 11) is 1.32. The Kier molecular flexibility index (Phi) is 3.80. The predicted octanol–water partition coefficient (Wildman–Crippen LogP) is 3.77. The minimum Gasteiger partial charge on any atom is -0.481 e. The van der Waals surface area contributed by atoms with Crippen LogP contribution in [0.15, 0.2) is 36.4 Å². The minimum absolute atomic E-state index is 0.0165. The molecule has 0 bridgehead atoms. The Morgan fingerprint density at radius 3 is 2.52 bits per heavy atom. The zero-order valence-corrected chi connectivity index (χ0v) is 12.7. The number of rotatable bonds is 4. The third kappa shape index (κ3) is 2.91. The lowest BCUT2D eigenvalue weighted by Crippen LogP contribution is -2.19. The molecule has 3 nitrogen and oxygen atoms in total. The molecule has 3 rings (SSSR count). The molecule has 0 atom stereocenters. The average molecular weight is 322 g/mol. The number of aromatic nitrogens is 1. The van der Waals surface area contributed by atoms with Gasteiger partial charge in [-0.15, -0.1) is 0 Å². The molecule has 1 aliphatic carbocycles. The maximum Gasteiger partial charge on any atom is 0.433 e. The van der Waals surface area contributed by atoms with Crippen molar-refractivity contribution in [3.63, 3.8) is 0 Å². The van der Waals surface area contributed by atoms with E-state index in [-0.39, 0.29) is 11.3 Å². The molecule has 2 N–H and O–H groups in total. The van der Waals surface area contributed by atoms with Crippen LogP contribution in [0.4, 0.5) is 13.2 Å². The van der Waals surface area contributed by atoms with Crippen LogP contribution in [0.3, 0.4) is 0 Å². The van der Waals surface area contributed by atoms with E-state index in [1.54, 1.807) is 0 Å². The van der Waals surface area contributed by atoms with Gasteiger partial charge < -0.3 is 10.5 Å². The number of hydrogen-bond donors (Lipinski definition) is 1. The van der Waals surface area contributed by atoms with E-state index >= 15 is 0 Å². The third-order valence-electron chi connectivity index (χ3n) is 4.37. The van der Waals surface area contributed by atoms with Gasteiger partial charge in [0.2, 0.25) is 5.88 Å². The molecule has 6 heteroatoms. The molecule has 23 heavy (non-hydrogen) atoms. The first kappa shape index (κ1) is 15.8. The Bertz CT molecular complexity index is 724. The molecule has 1 aliphatic rings. The van der Waals surface area contributed by atoms with Gasteiger partial charge in [-0.3, -0.25) is 0 Å². The van der Waals surface area contributed by atoms with Crippen LogP contribution in [-0.4, -0.2) is 18.6 Å². The molecule has 1 saturated carbocycles. The Labute approximate surface area is 132 Å². The molecular formula is C17H17F3N2O. The van der Waals surface area contributed by atoms with Crippen LogP contribution in [0, 0.1) is 0 Å². The monoisotopic (exact) mass is 322 g/mol. The van der Waals surface area contributed by atoms with Crippen molar-refractivity contribution in [2.45, 2.75) is 24.4 Å². The highest BCUT2D eigenvalue weighted by Gasteiger charge is 2.42. The summed E-state index contributed by atoms with van der Waals surface area (Å²) in [6.45, 7) is 0.568. The smallest absolute Gasteiger partial charge is 0.433 e. The van der Waals surface area contributed by atoms with Gasteiger partial charge in [0.05, 0.1) is 7.11 Å². The molecule has 0 spiro atoms. The van der Waals surface area contributed by atoms with Crippen LogP contribution >= 0.6 is 0 Å². The van der Waals surface area contributed by atoms with Gasteiger partial charge in [-0.25, -0.2) is 4.98 Å². The van der Waals surface area contributed by atoms with E-state index in [4.69, 9.17) is 10.5 Å². The van der Waals surface area contributed by atoms with Gasteiger partial charge in [0.1, 0.15) is 5.69 Å². The van der Waals surface area contributed by atoms with Gasteiger partial charge in [0.25, 0.3) is 0 Å². The minimum atomic E-state index is -4.49. The molecule has 0 unspecified atom stereocenters. The molecule has 1 heterocycles. The largest absolute Gasteiger partial charge is 0.481 e. The summed E-state index contributed by atoms with van der Waals surface area (Å²) in [5.41, 5.74) is 7.33. The highest BCUT2D eigenvalue weighted by atomic mass is 19.4. The number of benzene rings is 1. The van der Waals surface area contributed by atoms with Crippen molar-refractivity contribution < 1.29 is 17.9 Å². The van der Waals surface area contributed by atoms with E-state index < -0.39 is 11.9 Å². The highest BCUT2D eigenvalue weighted by Crippen LogP contribution is 2.48. The van der Waals surface area contributed by atoms with E-state index in [2.05, 4.69) is 4.98 Å². The number of ether oxygens (including phenoxy) is 1. The van der Waals surface area contributed by atoms with Crippen LogP contribution in [0.25, 0.3) is 11.1 Å². The summed E-state index contributed by atoms with van der Waals surface area (Å²) < 4.78 is 43.4. The molecule has 0 aliphatic heterocycles. The zero-order chi connectivity index (χ0) is 16.7. The van der Waals surface area contributed by atoms with Crippen LogP contribution in [0.5, 0.6) is 5.88 Å². The number of alkyl halides is 3. The summed E-state index contributed by atoms with van der Waals surface area (Å²) in [5, 5.41) is 0. The molecule has 1 fully saturated rings. The summed E-state index contributed by atoms with van der Waals surface area (Å²) in [6, 6.07) is 10.1. The zero-order valence-electron chi connectivity index (χ0n) is 12.7. The molecule has 122 valence electrons. The lowest BCUT2D eigenvalue weighted by Gasteiger charge is -2.16. The van der Waals surface area contributed by atoms with Crippen molar-refractivity contribution in [2.75, 3.05) is 13.7 Å². The first-order valence-corrected chi connectivity index (χ1v) is 7.33. The maximum absolute atomic E-state index is 12.8. The molecular weight excluding hydrogens is 305 g/mol. The van der Waals surface area contributed by atoms with Crippen molar-refractivity contribution in [3.8, 4) is 17.0 Å². The Morgan fingerprint density at radius 2 is 1.96 bits per heavy atom. The normalized spacial score (nSPS) is 16.2. The third-order valence-corrected chi connectivity index (χ3v) is 4.37. The van der Waals surface area contributed by atoms with Gasteiger partial charge in [-0.1, -0.05) is 24.3 Å². The van der Waals surface area contributed by atoms with Crippen LogP contribution in [0.1, 0.15) is 24.1 Å². The van der Waals surface area contributed by atoms with Crippen molar-refractivity contribution >= 4 is 0 Å². The van der Waals surface area contributed by atoms with Crippen molar-refractivity contribution in [1.29, 1.82) is 0 Å². The van der Waals surface area contributed by atoms with E-state index in [1.165, 1.54) is 13.2 Å². The quantitative estimate of drug-likeness (QED) is 0.932. The fourth-order valence-corrected chi connectivity index (χ4v) is 2.75. The SMILES string of the molecule is COc1nc(C(F)(F)F)ccc1-c1cccc(C2(CN)CC2)c1. The van der Waals surface area contributed by atoms with Gasteiger partial charge in [0, 0.05) is 17.5 Å². The lowest BCUT2D eigenvalue weighted by atomic mass is 9.93. The number of nitrogens with two attached hydrogens (primary N) is 1. The topological polar surface area (TPSA) is 48.1 Å². The Morgan fingerprint density at radius 1 is 1.22 bits per heavy atom. The Hall–Kier alpha value is -2.08. The fraction of sp³-hybridized carbons (Fsp3) is 0.353. The summed E-state index contributed by atoms with van der Waals surface area (Å²) >= 11 is 0. The van der Waals surface area contributed by atoms with E-state index in [9.17, 15) is 13.2 Å². The van der Waals surface area contributed by atoms with E-state index in [0.717, 1.165) is 30.0 Å². The number of nitrogens with zero attached hydrogens (tertiary/aromatic N) is 1. The van der Waals surface area contributed by atoms with Gasteiger partial charge >= 0.3 is 6.18 Å². The standard InChI is InChI=1S/C17H17F3N2O/c1-23-15-13(5-6-14(22-15)17(18,19)20)11-3-2-4-12(9-11)16(10-21)7-8-16/h2-6,9H,7-8,10,21H2,1H3. The number of halogens is 3. The second-order valence-corrected chi connectivity index (χ2v) is 5.82. The van der Waals surface area contributed by atoms with Crippen LogP contribution in [-0.2, 0) is 11.6 Å². The predicted molar refractivity (Wildman–Crippen MR) is 81.2 cm³/mol. The highest BCUT2D eigenvalue weighted by molar-refractivity contribution is 5.70. The van der Waals surface area contributed by atoms with Gasteiger partial charge in [0.15, 0.2) is 0 Å². The molecule has 0 amide bonds. The second-order valence-electron chi connectivity index (χ2n) is 5.82. The average Bonchev–Trinajstić information content (AvgIpc) is 3.35. The number of methoxy groups -OCH3 is 1. The van der Waals surface area contributed by atoms with Gasteiger partial charge in [-0.2, -0.15) is 13.2 Å². The molecule has 1 aromatic heterocycles. The van der Waals surface area contributed by atoms with Crippen molar-refractivity contribution in [1.82, 2.24) is 4.98 Å². The first-order chi connectivity index (χ1) is 10.9. The van der Waals surface area contributed by atoms with Crippen molar-refractivity contribution in [3.05, 3.63) is 47.7 Å². The van der Waals surface area contributed by atoms with Crippen LogP contribution < -0.4 is 10.5 Å².